The summed E-state index contributed by atoms with van der Waals surface area (Å²) < 4.78 is 0. The number of carbonyl (C=O) groups is 1. The summed E-state index contributed by atoms with van der Waals surface area (Å²) >= 11 is 0. The molecule has 0 aliphatic carbocycles. The van der Waals surface area contributed by atoms with Crippen molar-refractivity contribution in [1.82, 2.24) is 9.97 Å². The van der Waals surface area contributed by atoms with Gasteiger partial charge in [-0.1, -0.05) is 0 Å². The zero-order chi connectivity index (χ0) is 11.3. The van der Waals surface area contributed by atoms with Gasteiger partial charge in [0.2, 0.25) is 0 Å². The number of hydrogen-bond acceptors (Lipinski definition) is 6. The van der Waals surface area contributed by atoms with Gasteiger partial charge in [0.15, 0.2) is 11.4 Å². The second kappa shape index (κ2) is 4.53. The second-order valence-corrected chi connectivity index (χ2v) is 2.42. The molecule has 1 aromatic rings. The van der Waals surface area contributed by atoms with Crippen LogP contribution in [0, 0.1) is 22.7 Å². The Morgan fingerprint density at radius 2 is 2.13 bits per heavy atom. The summed E-state index contributed by atoms with van der Waals surface area (Å²) in [6, 6.07) is 3.39. The van der Waals surface area contributed by atoms with Crippen molar-refractivity contribution in [3.05, 3.63) is 17.6 Å². The molecule has 0 saturated heterocycles. The van der Waals surface area contributed by atoms with Crippen LogP contribution in [0.1, 0.15) is 11.4 Å². The SMILES string of the molecule is N#Cc1ncc(NCC(=O)O)nc1C#N. The van der Waals surface area contributed by atoms with Gasteiger partial charge in [0.1, 0.15) is 24.5 Å². The number of carboxylic acids is 1. The number of anilines is 1. The highest BCUT2D eigenvalue weighted by Crippen LogP contribution is 2.05. The van der Waals surface area contributed by atoms with Crippen molar-refractivity contribution < 1.29 is 9.90 Å². The maximum atomic E-state index is 10.2. The van der Waals surface area contributed by atoms with E-state index < -0.39 is 5.97 Å². The summed E-state index contributed by atoms with van der Waals surface area (Å²) in [6.07, 6.45) is 1.20. The van der Waals surface area contributed by atoms with Crippen molar-refractivity contribution in [2.45, 2.75) is 0 Å². The molecule has 7 heteroatoms. The Kier molecular flexibility index (Phi) is 3.15. The average Bonchev–Trinajstić information content (AvgIpc) is 2.25. The Hall–Kier alpha value is -2.67. The molecule has 0 amide bonds. The second-order valence-electron chi connectivity index (χ2n) is 2.42. The molecule has 0 atom stereocenters. The summed E-state index contributed by atoms with van der Waals surface area (Å²) in [5.41, 5.74) is -0.216. The van der Waals surface area contributed by atoms with E-state index in [0.29, 0.717) is 0 Å². The summed E-state index contributed by atoms with van der Waals surface area (Å²) in [4.78, 5) is 17.6. The van der Waals surface area contributed by atoms with E-state index in [1.54, 1.807) is 12.1 Å². The molecule has 0 aromatic carbocycles. The van der Waals surface area contributed by atoms with Gasteiger partial charge in [-0.15, -0.1) is 0 Å². The minimum Gasteiger partial charge on any atom is -0.480 e. The van der Waals surface area contributed by atoms with Gasteiger partial charge in [-0.2, -0.15) is 10.5 Å². The monoisotopic (exact) mass is 203 g/mol. The molecule has 7 nitrogen and oxygen atoms in total. The molecule has 0 radical (unpaired) electrons. The summed E-state index contributed by atoms with van der Waals surface area (Å²) in [5, 5.41) is 28.0. The quantitative estimate of drug-likeness (QED) is 0.692. The van der Waals surface area contributed by atoms with Crippen LogP contribution in [-0.2, 0) is 4.79 Å². The number of aliphatic carboxylic acids is 1. The first-order valence-electron chi connectivity index (χ1n) is 3.80. The van der Waals surface area contributed by atoms with E-state index in [1.807, 2.05) is 0 Å². The molecule has 1 rings (SSSR count). The number of nitriles is 2. The van der Waals surface area contributed by atoms with E-state index in [9.17, 15) is 4.79 Å². The molecule has 0 bridgehead atoms. The molecule has 0 unspecified atom stereocenters. The van der Waals surface area contributed by atoms with Crippen molar-refractivity contribution >= 4 is 11.8 Å². The van der Waals surface area contributed by atoms with Crippen LogP contribution in [0.15, 0.2) is 6.20 Å². The van der Waals surface area contributed by atoms with Crippen LogP contribution < -0.4 is 5.32 Å². The van der Waals surface area contributed by atoms with E-state index in [4.69, 9.17) is 15.6 Å². The Bertz CT molecular complexity index is 471. The number of hydrogen-bond donors (Lipinski definition) is 2. The van der Waals surface area contributed by atoms with Gasteiger partial charge in [0.05, 0.1) is 6.20 Å². The molecular formula is C8H5N5O2. The number of carboxylic acid groups (broad SMARTS) is 1. The molecule has 0 fully saturated rings. The predicted octanol–water partition coefficient (Wildman–Crippen LogP) is -0.284. The fraction of sp³-hybridized carbons (Fsp3) is 0.125. The third kappa shape index (κ3) is 2.64. The topological polar surface area (TPSA) is 123 Å². The van der Waals surface area contributed by atoms with E-state index in [2.05, 4.69) is 15.3 Å². The molecule has 0 aliphatic heterocycles. The van der Waals surface area contributed by atoms with E-state index in [-0.39, 0.29) is 23.8 Å². The van der Waals surface area contributed by atoms with Gasteiger partial charge in [-0.3, -0.25) is 4.79 Å². The lowest BCUT2D eigenvalue weighted by Gasteiger charge is -2.01. The van der Waals surface area contributed by atoms with Crippen LogP contribution in [0.2, 0.25) is 0 Å². The maximum Gasteiger partial charge on any atom is 0.322 e. The van der Waals surface area contributed by atoms with Gasteiger partial charge < -0.3 is 10.4 Å². The standard InChI is InChI=1S/C8H5N5O2/c9-1-5-6(2-10)13-7(3-11-5)12-4-8(14)15/h3H,4H2,(H,12,13)(H,14,15). The zero-order valence-electron chi connectivity index (χ0n) is 7.43. The summed E-state index contributed by atoms with van der Waals surface area (Å²) in [7, 11) is 0. The molecule has 74 valence electrons. The van der Waals surface area contributed by atoms with Crippen molar-refractivity contribution in [3.8, 4) is 12.1 Å². The highest BCUT2D eigenvalue weighted by atomic mass is 16.4. The van der Waals surface area contributed by atoms with Gasteiger partial charge in [-0.05, 0) is 0 Å². The van der Waals surface area contributed by atoms with Crippen LogP contribution in [0.5, 0.6) is 0 Å². The Balaban J connectivity index is 2.91. The lowest BCUT2D eigenvalue weighted by atomic mass is 10.3. The fourth-order valence-corrected chi connectivity index (χ4v) is 0.800. The normalized spacial score (nSPS) is 8.67. The number of nitrogens with zero attached hydrogens (tertiary/aromatic N) is 4. The summed E-state index contributed by atoms with van der Waals surface area (Å²) in [5.74, 6) is -0.910. The van der Waals surface area contributed by atoms with E-state index in [1.165, 1.54) is 6.20 Å². The molecule has 1 heterocycles. The van der Waals surface area contributed by atoms with Crippen LogP contribution in [0.3, 0.4) is 0 Å². The number of aromatic nitrogens is 2. The Morgan fingerprint density at radius 1 is 1.47 bits per heavy atom. The Labute approximate surface area is 84.6 Å². The lowest BCUT2D eigenvalue weighted by Crippen LogP contribution is -2.14. The number of nitrogens with one attached hydrogen (secondary N) is 1. The fourth-order valence-electron chi connectivity index (χ4n) is 0.800. The number of rotatable bonds is 3. The van der Waals surface area contributed by atoms with Crippen molar-refractivity contribution in [2.75, 3.05) is 11.9 Å². The van der Waals surface area contributed by atoms with Gasteiger partial charge >= 0.3 is 5.97 Å². The first-order valence-corrected chi connectivity index (χ1v) is 3.80. The molecular weight excluding hydrogens is 198 g/mol. The van der Waals surface area contributed by atoms with Crippen molar-refractivity contribution in [2.24, 2.45) is 0 Å². The minimum atomic E-state index is -1.06. The average molecular weight is 203 g/mol. The van der Waals surface area contributed by atoms with E-state index >= 15 is 0 Å². The minimum absolute atomic E-state index is 0.0848. The molecule has 15 heavy (non-hydrogen) atoms. The predicted molar refractivity (Wildman–Crippen MR) is 47.6 cm³/mol. The molecule has 0 saturated carbocycles. The third-order valence-corrected chi connectivity index (χ3v) is 1.41. The summed E-state index contributed by atoms with van der Waals surface area (Å²) in [6.45, 7) is -0.328. The first kappa shape index (κ1) is 10.4. The first-order chi connectivity index (χ1) is 7.17. The van der Waals surface area contributed by atoms with Crippen LogP contribution >= 0.6 is 0 Å². The highest BCUT2D eigenvalue weighted by molar-refractivity contribution is 5.72. The molecule has 1 aromatic heterocycles. The molecule has 2 N–H and O–H groups in total. The molecule has 0 spiro atoms. The van der Waals surface area contributed by atoms with Gasteiger partial charge in [0, 0.05) is 0 Å². The largest absolute Gasteiger partial charge is 0.480 e. The zero-order valence-corrected chi connectivity index (χ0v) is 7.43. The van der Waals surface area contributed by atoms with E-state index in [0.717, 1.165) is 0 Å². The van der Waals surface area contributed by atoms with Crippen LogP contribution in [0.25, 0.3) is 0 Å². The van der Waals surface area contributed by atoms with Crippen LogP contribution in [0.4, 0.5) is 5.82 Å². The maximum absolute atomic E-state index is 10.2. The van der Waals surface area contributed by atoms with Crippen molar-refractivity contribution in [3.63, 3.8) is 0 Å². The van der Waals surface area contributed by atoms with Gasteiger partial charge in [-0.25, -0.2) is 9.97 Å². The van der Waals surface area contributed by atoms with Crippen LogP contribution in [-0.4, -0.2) is 27.6 Å². The third-order valence-electron chi connectivity index (χ3n) is 1.41. The van der Waals surface area contributed by atoms with Crippen molar-refractivity contribution in [1.29, 1.82) is 10.5 Å². The molecule has 0 aliphatic rings. The smallest absolute Gasteiger partial charge is 0.322 e. The highest BCUT2D eigenvalue weighted by Gasteiger charge is 2.06. The Morgan fingerprint density at radius 3 is 2.67 bits per heavy atom. The lowest BCUT2D eigenvalue weighted by molar-refractivity contribution is -0.134. The van der Waals surface area contributed by atoms with Gasteiger partial charge in [0.25, 0.3) is 0 Å².